The topological polar surface area (TPSA) is 29.5 Å². The van der Waals surface area contributed by atoms with Crippen LogP contribution in [-0.4, -0.2) is 0 Å². The first-order chi connectivity index (χ1) is 28.2. The smallest absolute Gasteiger partial charge is 0.159 e. The van der Waals surface area contributed by atoms with E-state index in [1.54, 1.807) is 0 Å². The normalized spacial score (nSPS) is 11.9. The lowest BCUT2D eigenvalue weighted by Gasteiger charge is -2.28. The first-order valence-electron chi connectivity index (χ1n) is 19.4. The molecule has 0 amide bonds. The average Bonchev–Trinajstić information content (AvgIpc) is 3.84. The standard InChI is InChI=1S/C54H33NO2/c1-2-13-37-33-52-48(32-36(37)12-1)47-18-9-17-45(53(47)57-52)43-15-5-7-20-49(43)55(50-21-10-19-46-44-16-6-8-22-51(44)56-54(46)50)40-28-25-34(26-29-40)38-27-30-42-39(31-38)24-23-35-11-3-4-14-41(35)42/h1-33H. The van der Waals surface area contributed by atoms with Crippen molar-refractivity contribution in [3.8, 4) is 22.3 Å². The number of rotatable bonds is 5. The maximum Gasteiger partial charge on any atom is 0.159 e. The number of anilines is 3. The molecule has 0 atom stereocenters. The molecule has 0 spiro atoms. The molecule has 0 radical (unpaired) electrons. The van der Waals surface area contributed by atoms with Gasteiger partial charge in [-0.05, 0) is 92.0 Å². The van der Waals surface area contributed by atoms with E-state index >= 15 is 0 Å². The Hall–Kier alpha value is -7.62. The van der Waals surface area contributed by atoms with E-state index in [0.29, 0.717) is 0 Å². The molecule has 2 heterocycles. The van der Waals surface area contributed by atoms with Crippen LogP contribution in [0.4, 0.5) is 17.1 Å². The van der Waals surface area contributed by atoms with E-state index in [1.807, 2.05) is 12.1 Å². The van der Waals surface area contributed by atoms with Crippen molar-refractivity contribution in [3.63, 3.8) is 0 Å². The summed E-state index contributed by atoms with van der Waals surface area (Å²) in [7, 11) is 0. The predicted octanol–water partition coefficient (Wildman–Crippen LogP) is 15.7. The van der Waals surface area contributed by atoms with Crippen LogP contribution in [0.3, 0.4) is 0 Å². The van der Waals surface area contributed by atoms with Crippen molar-refractivity contribution >= 4 is 93.3 Å². The van der Waals surface area contributed by atoms with Gasteiger partial charge < -0.3 is 13.7 Å². The molecule has 57 heavy (non-hydrogen) atoms. The predicted molar refractivity (Wildman–Crippen MR) is 239 cm³/mol. The number of benzene rings is 10. The Kier molecular flexibility index (Phi) is 6.93. The summed E-state index contributed by atoms with van der Waals surface area (Å²) in [4.78, 5) is 2.34. The Labute approximate surface area is 328 Å². The van der Waals surface area contributed by atoms with Gasteiger partial charge in [-0.2, -0.15) is 0 Å². The van der Waals surface area contributed by atoms with Crippen molar-refractivity contribution < 1.29 is 8.83 Å². The van der Waals surface area contributed by atoms with Gasteiger partial charge in [0.15, 0.2) is 5.58 Å². The molecule has 0 bridgehead atoms. The zero-order valence-electron chi connectivity index (χ0n) is 30.8. The van der Waals surface area contributed by atoms with Gasteiger partial charge in [0.25, 0.3) is 0 Å². The van der Waals surface area contributed by atoms with Crippen LogP contribution in [-0.2, 0) is 0 Å². The molecular formula is C54H33NO2. The van der Waals surface area contributed by atoms with Gasteiger partial charge in [-0.15, -0.1) is 0 Å². The summed E-state index contributed by atoms with van der Waals surface area (Å²) in [5.74, 6) is 0. The van der Waals surface area contributed by atoms with Gasteiger partial charge in [0, 0.05) is 38.4 Å². The van der Waals surface area contributed by atoms with Crippen LogP contribution in [0.1, 0.15) is 0 Å². The van der Waals surface area contributed by atoms with Gasteiger partial charge in [-0.3, -0.25) is 0 Å². The lowest BCUT2D eigenvalue weighted by molar-refractivity contribution is 0.669. The Morgan fingerprint density at radius 1 is 0.298 bits per heavy atom. The number of furan rings is 2. The summed E-state index contributed by atoms with van der Waals surface area (Å²) in [6.45, 7) is 0. The Morgan fingerprint density at radius 3 is 1.77 bits per heavy atom. The fraction of sp³-hybridized carbons (Fsp3) is 0. The van der Waals surface area contributed by atoms with Gasteiger partial charge in [0.05, 0.1) is 11.4 Å². The largest absolute Gasteiger partial charge is 0.455 e. The van der Waals surface area contributed by atoms with Crippen LogP contribution in [0.15, 0.2) is 209 Å². The summed E-state index contributed by atoms with van der Waals surface area (Å²) in [5, 5.41) is 11.8. The number of para-hydroxylation sites is 4. The molecule has 0 saturated carbocycles. The van der Waals surface area contributed by atoms with Crippen LogP contribution in [0, 0.1) is 0 Å². The zero-order valence-corrected chi connectivity index (χ0v) is 30.8. The molecule has 0 aliphatic heterocycles. The molecule has 0 aliphatic rings. The van der Waals surface area contributed by atoms with Crippen LogP contribution in [0.25, 0.3) is 98.4 Å². The minimum absolute atomic E-state index is 0.841. The lowest BCUT2D eigenvalue weighted by Crippen LogP contribution is -2.11. The molecule has 10 aromatic carbocycles. The monoisotopic (exact) mass is 727 g/mol. The number of hydrogen-bond donors (Lipinski definition) is 0. The maximum atomic E-state index is 6.78. The van der Waals surface area contributed by atoms with E-state index in [-0.39, 0.29) is 0 Å². The highest BCUT2D eigenvalue weighted by atomic mass is 16.3. The molecule has 12 rings (SSSR count). The highest BCUT2D eigenvalue weighted by molar-refractivity contribution is 6.15. The first kappa shape index (κ1) is 31.7. The van der Waals surface area contributed by atoms with Crippen molar-refractivity contribution in [3.05, 3.63) is 200 Å². The summed E-state index contributed by atoms with van der Waals surface area (Å²) in [5.41, 5.74) is 10.9. The summed E-state index contributed by atoms with van der Waals surface area (Å²) in [6.07, 6.45) is 0. The summed E-state index contributed by atoms with van der Waals surface area (Å²) in [6, 6.07) is 71.5. The molecule has 266 valence electrons. The number of nitrogens with zero attached hydrogens (tertiary/aromatic N) is 1. The van der Waals surface area contributed by atoms with Crippen LogP contribution >= 0.6 is 0 Å². The third-order valence-corrected chi connectivity index (χ3v) is 11.6. The molecule has 0 unspecified atom stereocenters. The molecule has 12 aromatic rings. The van der Waals surface area contributed by atoms with Crippen LogP contribution in [0.2, 0.25) is 0 Å². The second-order valence-corrected chi connectivity index (χ2v) is 14.9. The third kappa shape index (κ3) is 4.99. The van der Waals surface area contributed by atoms with E-state index in [4.69, 9.17) is 8.83 Å². The highest BCUT2D eigenvalue weighted by Crippen LogP contribution is 2.47. The minimum atomic E-state index is 0.841. The average molecular weight is 728 g/mol. The molecule has 0 saturated heterocycles. The fourth-order valence-corrected chi connectivity index (χ4v) is 8.90. The fourth-order valence-electron chi connectivity index (χ4n) is 8.90. The van der Waals surface area contributed by atoms with Crippen molar-refractivity contribution in [1.29, 1.82) is 0 Å². The number of fused-ring (bicyclic) bond motifs is 10. The minimum Gasteiger partial charge on any atom is -0.455 e. The van der Waals surface area contributed by atoms with Crippen molar-refractivity contribution in [2.75, 3.05) is 4.90 Å². The molecular weight excluding hydrogens is 695 g/mol. The van der Waals surface area contributed by atoms with Gasteiger partial charge in [0.1, 0.15) is 16.7 Å². The molecule has 0 aliphatic carbocycles. The molecule has 0 N–H and O–H groups in total. The van der Waals surface area contributed by atoms with Crippen molar-refractivity contribution in [2.45, 2.75) is 0 Å². The zero-order chi connectivity index (χ0) is 37.5. The highest BCUT2D eigenvalue weighted by Gasteiger charge is 2.24. The molecule has 2 aromatic heterocycles. The number of hydrogen-bond acceptors (Lipinski definition) is 3. The van der Waals surface area contributed by atoms with Gasteiger partial charge in [-0.1, -0.05) is 152 Å². The summed E-state index contributed by atoms with van der Waals surface area (Å²) >= 11 is 0. The van der Waals surface area contributed by atoms with E-state index in [0.717, 1.165) is 83.0 Å². The van der Waals surface area contributed by atoms with Crippen LogP contribution in [0.5, 0.6) is 0 Å². The Bertz CT molecular complexity index is 3530. The SMILES string of the molecule is c1ccc(N(c2ccc(-c3ccc4c(ccc5ccccc54)c3)cc2)c2cccc3c2oc2ccccc23)c(-c2cccc3c2oc2cc4ccccc4cc23)c1. The molecule has 0 fully saturated rings. The van der Waals surface area contributed by atoms with Crippen LogP contribution < -0.4 is 4.90 Å². The maximum absolute atomic E-state index is 6.78. The van der Waals surface area contributed by atoms with E-state index in [1.165, 1.54) is 32.5 Å². The molecule has 3 nitrogen and oxygen atoms in total. The Morgan fingerprint density at radius 2 is 0.895 bits per heavy atom. The quantitative estimate of drug-likeness (QED) is 0.165. The second-order valence-electron chi connectivity index (χ2n) is 14.9. The molecule has 3 heteroatoms. The third-order valence-electron chi connectivity index (χ3n) is 11.6. The first-order valence-corrected chi connectivity index (χ1v) is 19.4. The van der Waals surface area contributed by atoms with E-state index in [2.05, 4.69) is 193 Å². The lowest BCUT2D eigenvalue weighted by atomic mass is 9.97. The Balaban J connectivity index is 1.05. The van der Waals surface area contributed by atoms with Gasteiger partial charge in [-0.25, -0.2) is 0 Å². The van der Waals surface area contributed by atoms with Crippen molar-refractivity contribution in [2.24, 2.45) is 0 Å². The van der Waals surface area contributed by atoms with E-state index in [9.17, 15) is 0 Å². The van der Waals surface area contributed by atoms with Gasteiger partial charge in [0.2, 0.25) is 0 Å². The second kappa shape index (κ2) is 12.5. The van der Waals surface area contributed by atoms with E-state index < -0.39 is 0 Å². The van der Waals surface area contributed by atoms with Gasteiger partial charge >= 0.3 is 0 Å². The summed E-state index contributed by atoms with van der Waals surface area (Å²) < 4.78 is 13.5. The van der Waals surface area contributed by atoms with Crippen molar-refractivity contribution in [1.82, 2.24) is 0 Å².